The van der Waals surface area contributed by atoms with Crippen molar-refractivity contribution in [3.63, 3.8) is 0 Å². The number of carbonyl (C=O) groups is 1. The summed E-state index contributed by atoms with van der Waals surface area (Å²) in [6, 6.07) is -0.748. The maximum Gasteiger partial charge on any atom is 0.327 e. The Balaban J connectivity index is 3.67. The van der Waals surface area contributed by atoms with Crippen molar-refractivity contribution in [1.29, 1.82) is 0 Å². The van der Waals surface area contributed by atoms with Crippen molar-refractivity contribution in [3.05, 3.63) is 0 Å². The molecule has 12 heavy (non-hydrogen) atoms. The molecule has 0 aromatic heterocycles. The zero-order valence-electron chi connectivity index (χ0n) is 6.38. The highest BCUT2D eigenvalue weighted by Gasteiger charge is 2.18. The van der Waals surface area contributed by atoms with Gasteiger partial charge in [0, 0.05) is 12.5 Å². The van der Waals surface area contributed by atoms with Crippen LogP contribution >= 0.6 is 7.60 Å². The summed E-state index contributed by atoms with van der Waals surface area (Å²) in [5.41, 5.74) is 5.25. The van der Waals surface area contributed by atoms with Crippen LogP contribution in [0.25, 0.3) is 0 Å². The van der Waals surface area contributed by atoms with E-state index < -0.39 is 25.8 Å². The Morgan fingerprint density at radius 1 is 1.50 bits per heavy atom. The summed E-state index contributed by atoms with van der Waals surface area (Å²) in [7, 11) is -4.10. The Labute approximate surface area is 69.5 Å². The first-order valence-electron chi connectivity index (χ1n) is 3.33. The second-order valence-corrected chi connectivity index (χ2v) is 4.23. The quantitative estimate of drug-likeness (QED) is 0.435. The largest absolute Gasteiger partial charge is 0.481 e. The van der Waals surface area contributed by atoms with E-state index in [0.717, 1.165) is 0 Å². The van der Waals surface area contributed by atoms with E-state index in [0.29, 0.717) is 0 Å². The van der Waals surface area contributed by atoms with Crippen molar-refractivity contribution in [2.75, 3.05) is 6.16 Å². The molecular weight excluding hydrogens is 185 g/mol. The van der Waals surface area contributed by atoms with E-state index in [1.54, 1.807) is 0 Å². The molecule has 0 aromatic rings. The topological polar surface area (TPSA) is 121 Å². The summed E-state index contributed by atoms with van der Waals surface area (Å²) in [5.74, 6) is -1.02. The van der Waals surface area contributed by atoms with Crippen molar-refractivity contribution >= 4 is 13.6 Å². The molecular formula is C5H12NO5P. The third kappa shape index (κ3) is 7.68. The summed E-state index contributed by atoms with van der Waals surface area (Å²) in [6.07, 6.45) is -0.540. The molecule has 0 rings (SSSR count). The minimum absolute atomic E-state index is 0.0838. The molecule has 1 unspecified atom stereocenters. The average molecular weight is 197 g/mol. The standard InChI is InChI=1S/C5H12NO5P/c6-4(1-2-5(7)8)3-12(9,10)11/h4H,1-3,6H2,(H,7,8)(H2,9,10,11). The van der Waals surface area contributed by atoms with Gasteiger partial charge in [-0.25, -0.2) is 0 Å². The summed E-state index contributed by atoms with van der Waals surface area (Å²) in [4.78, 5) is 26.9. The third-order valence-corrected chi connectivity index (χ3v) is 2.15. The van der Waals surface area contributed by atoms with E-state index in [2.05, 4.69) is 0 Å². The normalized spacial score (nSPS) is 14.2. The molecule has 0 bridgehead atoms. The number of hydrogen-bond donors (Lipinski definition) is 4. The van der Waals surface area contributed by atoms with E-state index in [4.69, 9.17) is 20.6 Å². The van der Waals surface area contributed by atoms with Crippen molar-refractivity contribution < 1.29 is 24.3 Å². The van der Waals surface area contributed by atoms with Crippen LogP contribution in [0.1, 0.15) is 12.8 Å². The lowest BCUT2D eigenvalue weighted by molar-refractivity contribution is -0.137. The lowest BCUT2D eigenvalue weighted by Gasteiger charge is -2.10. The SMILES string of the molecule is NC(CCC(=O)O)CP(=O)(O)O. The molecule has 0 spiro atoms. The van der Waals surface area contributed by atoms with Gasteiger partial charge in [-0.1, -0.05) is 0 Å². The number of nitrogens with two attached hydrogens (primary N) is 1. The molecule has 0 aliphatic heterocycles. The van der Waals surface area contributed by atoms with E-state index in [-0.39, 0.29) is 12.8 Å². The van der Waals surface area contributed by atoms with Crippen LogP contribution in [0.5, 0.6) is 0 Å². The highest BCUT2D eigenvalue weighted by Crippen LogP contribution is 2.35. The average Bonchev–Trinajstić information content (AvgIpc) is 1.79. The van der Waals surface area contributed by atoms with Crippen LogP contribution in [0.4, 0.5) is 0 Å². The second kappa shape index (κ2) is 4.57. The first-order chi connectivity index (χ1) is 5.31. The van der Waals surface area contributed by atoms with E-state index >= 15 is 0 Å². The molecule has 6 nitrogen and oxygen atoms in total. The van der Waals surface area contributed by atoms with Gasteiger partial charge in [0.1, 0.15) is 0 Å². The van der Waals surface area contributed by atoms with Gasteiger partial charge in [-0.2, -0.15) is 0 Å². The second-order valence-electron chi connectivity index (χ2n) is 2.54. The first kappa shape index (κ1) is 11.6. The van der Waals surface area contributed by atoms with Gasteiger partial charge in [0.05, 0.1) is 6.16 Å². The first-order valence-corrected chi connectivity index (χ1v) is 5.13. The molecule has 0 heterocycles. The molecule has 0 saturated carbocycles. The van der Waals surface area contributed by atoms with E-state index in [1.807, 2.05) is 0 Å². The molecule has 1 atom stereocenters. The maximum atomic E-state index is 10.4. The molecule has 0 amide bonds. The lowest BCUT2D eigenvalue weighted by atomic mass is 10.2. The van der Waals surface area contributed by atoms with Gasteiger partial charge in [-0.3, -0.25) is 9.36 Å². The number of carboxylic acids is 1. The van der Waals surface area contributed by atoms with Gasteiger partial charge in [0.15, 0.2) is 0 Å². The predicted molar refractivity (Wildman–Crippen MR) is 41.8 cm³/mol. The molecule has 72 valence electrons. The van der Waals surface area contributed by atoms with Gasteiger partial charge in [0.2, 0.25) is 0 Å². The van der Waals surface area contributed by atoms with Gasteiger partial charge >= 0.3 is 13.6 Å². The third-order valence-electron chi connectivity index (χ3n) is 1.20. The van der Waals surface area contributed by atoms with Crippen molar-refractivity contribution in [2.45, 2.75) is 18.9 Å². The molecule has 0 aliphatic carbocycles. The Hall–Kier alpha value is -0.420. The smallest absolute Gasteiger partial charge is 0.327 e. The molecule has 0 aromatic carbocycles. The molecule has 0 radical (unpaired) electrons. The Morgan fingerprint density at radius 2 is 2.00 bits per heavy atom. The van der Waals surface area contributed by atoms with Crippen LogP contribution in [-0.2, 0) is 9.36 Å². The Kier molecular flexibility index (Phi) is 4.41. The van der Waals surface area contributed by atoms with Crippen LogP contribution in [0.2, 0.25) is 0 Å². The Bertz CT molecular complexity index is 200. The molecule has 7 heteroatoms. The van der Waals surface area contributed by atoms with Crippen LogP contribution in [0.3, 0.4) is 0 Å². The van der Waals surface area contributed by atoms with Crippen molar-refractivity contribution in [3.8, 4) is 0 Å². The van der Waals surface area contributed by atoms with Gasteiger partial charge < -0.3 is 20.6 Å². The molecule has 0 aliphatic rings. The van der Waals surface area contributed by atoms with Crippen molar-refractivity contribution in [2.24, 2.45) is 5.73 Å². The van der Waals surface area contributed by atoms with E-state index in [1.165, 1.54) is 0 Å². The fourth-order valence-corrected chi connectivity index (χ4v) is 1.50. The summed E-state index contributed by atoms with van der Waals surface area (Å²) >= 11 is 0. The fraction of sp³-hybridized carbons (Fsp3) is 0.800. The molecule has 5 N–H and O–H groups in total. The monoisotopic (exact) mass is 197 g/mol. The summed E-state index contributed by atoms with van der Waals surface area (Å²) in [6.45, 7) is 0. The van der Waals surface area contributed by atoms with Crippen LogP contribution in [0, 0.1) is 0 Å². The summed E-state index contributed by atoms with van der Waals surface area (Å²) in [5, 5.41) is 8.21. The predicted octanol–water partition coefficient (Wildman–Crippen LogP) is -0.644. The van der Waals surface area contributed by atoms with Gasteiger partial charge in [-0.05, 0) is 6.42 Å². The van der Waals surface area contributed by atoms with Crippen LogP contribution in [0.15, 0.2) is 0 Å². The van der Waals surface area contributed by atoms with Crippen LogP contribution in [-0.4, -0.2) is 33.1 Å². The summed E-state index contributed by atoms with van der Waals surface area (Å²) < 4.78 is 10.4. The number of aliphatic carboxylic acids is 1. The van der Waals surface area contributed by atoms with Crippen molar-refractivity contribution in [1.82, 2.24) is 0 Å². The van der Waals surface area contributed by atoms with Gasteiger partial charge in [0.25, 0.3) is 0 Å². The minimum atomic E-state index is -4.10. The molecule has 0 fully saturated rings. The zero-order chi connectivity index (χ0) is 9.78. The highest BCUT2D eigenvalue weighted by atomic mass is 31.2. The zero-order valence-corrected chi connectivity index (χ0v) is 7.28. The minimum Gasteiger partial charge on any atom is -0.481 e. The van der Waals surface area contributed by atoms with E-state index in [9.17, 15) is 9.36 Å². The van der Waals surface area contributed by atoms with Crippen LogP contribution < -0.4 is 5.73 Å². The lowest BCUT2D eigenvalue weighted by Crippen LogP contribution is -2.25. The molecule has 0 saturated heterocycles. The number of hydrogen-bond acceptors (Lipinski definition) is 3. The van der Waals surface area contributed by atoms with Gasteiger partial charge in [-0.15, -0.1) is 0 Å². The number of rotatable bonds is 5. The highest BCUT2D eigenvalue weighted by molar-refractivity contribution is 7.51. The fourth-order valence-electron chi connectivity index (χ4n) is 0.706. The Morgan fingerprint density at radius 3 is 2.33 bits per heavy atom. The number of carboxylic acid groups (broad SMARTS) is 1. The maximum absolute atomic E-state index is 10.4.